The van der Waals surface area contributed by atoms with Crippen molar-refractivity contribution in [3.8, 4) is 0 Å². The molecule has 1 N–H and O–H groups in total. The van der Waals surface area contributed by atoms with Gasteiger partial charge < -0.3 is 10.2 Å². The van der Waals surface area contributed by atoms with Crippen molar-refractivity contribution in [2.75, 3.05) is 26.0 Å². The first-order chi connectivity index (χ1) is 12.7. The zero-order chi connectivity index (χ0) is 20.4. The molecule has 0 aliphatic heterocycles. The number of nitrogens with zero attached hydrogens (tertiary/aromatic N) is 3. The van der Waals surface area contributed by atoms with Crippen LogP contribution in [0.4, 0.5) is 5.82 Å². The smallest absolute Gasteiger partial charge is 0.239 e. The molecule has 1 atom stereocenters. The predicted octanol–water partition coefficient (Wildman–Crippen LogP) is 2.87. The summed E-state index contributed by atoms with van der Waals surface area (Å²) in [5, 5.41) is 2.66. The van der Waals surface area contributed by atoms with E-state index in [2.05, 4.69) is 29.5 Å². The molecule has 1 heterocycles. The highest BCUT2D eigenvalue weighted by Crippen LogP contribution is 2.12. The molecule has 2 amide bonds. The molecule has 1 aromatic rings. The van der Waals surface area contributed by atoms with Gasteiger partial charge in [-0.25, -0.2) is 4.98 Å². The number of allylic oxidation sites excluding steroid dienone is 3. The molecular formula is C20H28N4O2S. The molecule has 6 nitrogen and oxygen atoms in total. The van der Waals surface area contributed by atoms with E-state index in [4.69, 9.17) is 0 Å². The molecule has 0 radical (unpaired) electrons. The Morgan fingerprint density at radius 3 is 2.74 bits per heavy atom. The van der Waals surface area contributed by atoms with E-state index in [1.54, 1.807) is 30.3 Å². The molecule has 0 aliphatic carbocycles. The maximum atomic E-state index is 12.6. The van der Waals surface area contributed by atoms with E-state index in [0.29, 0.717) is 18.9 Å². The summed E-state index contributed by atoms with van der Waals surface area (Å²) in [6, 6.07) is 3.38. The van der Waals surface area contributed by atoms with Gasteiger partial charge in [-0.05, 0) is 37.7 Å². The highest BCUT2D eigenvalue weighted by molar-refractivity contribution is 7.84. The van der Waals surface area contributed by atoms with E-state index in [9.17, 15) is 9.59 Å². The van der Waals surface area contributed by atoms with Gasteiger partial charge in [-0.15, -0.1) is 12.6 Å². The van der Waals surface area contributed by atoms with Gasteiger partial charge in [0.05, 0.1) is 6.04 Å². The summed E-state index contributed by atoms with van der Waals surface area (Å²) in [5.74, 6) is 0.356. The second-order valence-corrected chi connectivity index (χ2v) is 6.79. The number of amides is 2. The quantitative estimate of drug-likeness (QED) is 0.504. The number of nitrogens with one attached hydrogen (secondary N) is 1. The molecule has 0 aromatic carbocycles. The van der Waals surface area contributed by atoms with Gasteiger partial charge in [0.2, 0.25) is 11.8 Å². The molecule has 7 heteroatoms. The zero-order valence-electron chi connectivity index (χ0n) is 16.3. The Bertz CT molecular complexity index is 730. The largest absolute Gasteiger partial charge is 0.341 e. The molecule has 27 heavy (non-hydrogen) atoms. The lowest BCUT2D eigenvalue weighted by Crippen LogP contribution is -2.43. The van der Waals surface area contributed by atoms with Gasteiger partial charge in [-0.1, -0.05) is 24.8 Å². The van der Waals surface area contributed by atoms with Crippen molar-refractivity contribution in [3.05, 3.63) is 59.7 Å². The van der Waals surface area contributed by atoms with Crippen molar-refractivity contribution >= 4 is 30.3 Å². The fraction of sp³-hybridized carbons (Fsp3) is 0.350. The number of hydrogen-bond acceptors (Lipinski definition) is 5. The number of pyridine rings is 1. The normalized spacial score (nSPS) is 12.9. The van der Waals surface area contributed by atoms with Crippen molar-refractivity contribution in [1.82, 2.24) is 14.8 Å². The summed E-state index contributed by atoms with van der Waals surface area (Å²) in [6.07, 6.45) is 8.81. The molecule has 0 spiro atoms. The van der Waals surface area contributed by atoms with Crippen LogP contribution in [0.25, 0.3) is 0 Å². The van der Waals surface area contributed by atoms with E-state index >= 15 is 0 Å². The van der Waals surface area contributed by atoms with Gasteiger partial charge >= 0.3 is 0 Å². The standard InChI is InChI=1S/C20H28N4O2S/c1-6-8-18(27)9-7-12-23(4)20(26)15(2)24(5)14-17-10-11-21-19(13-17)22-16(3)25/h6-11,13,15,27H,1,12,14H2,2-5H3,(H,21,22,25)/b9-7-,18-8+. The highest BCUT2D eigenvalue weighted by atomic mass is 32.1. The minimum absolute atomic E-state index is 0.0201. The summed E-state index contributed by atoms with van der Waals surface area (Å²) < 4.78 is 0. The maximum absolute atomic E-state index is 12.6. The average molecular weight is 389 g/mol. The van der Waals surface area contributed by atoms with Crippen molar-refractivity contribution in [3.63, 3.8) is 0 Å². The molecule has 0 saturated carbocycles. The van der Waals surface area contributed by atoms with E-state index in [-0.39, 0.29) is 17.9 Å². The van der Waals surface area contributed by atoms with Crippen LogP contribution in [0.15, 0.2) is 54.1 Å². The second-order valence-electron chi connectivity index (χ2n) is 6.27. The fourth-order valence-corrected chi connectivity index (χ4v) is 2.56. The Morgan fingerprint density at radius 1 is 1.41 bits per heavy atom. The first-order valence-corrected chi connectivity index (χ1v) is 9.05. The zero-order valence-corrected chi connectivity index (χ0v) is 17.2. The van der Waals surface area contributed by atoms with Crippen LogP contribution in [0.2, 0.25) is 0 Å². The third-order valence-corrected chi connectivity index (χ3v) is 4.21. The van der Waals surface area contributed by atoms with Gasteiger partial charge in [0, 0.05) is 38.2 Å². The number of thiol groups is 1. The van der Waals surface area contributed by atoms with Crippen LogP contribution in [0.3, 0.4) is 0 Å². The van der Waals surface area contributed by atoms with E-state index in [0.717, 1.165) is 10.5 Å². The van der Waals surface area contributed by atoms with E-state index in [1.165, 1.54) is 6.92 Å². The van der Waals surface area contributed by atoms with Crippen LogP contribution >= 0.6 is 12.6 Å². The van der Waals surface area contributed by atoms with E-state index in [1.807, 2.05) is 43.2 Å². The fourth-order valence-electron chi connectivity index (χ4n) is 2.35. The van der Waals surface area contributed by atoms with Crippen LogP contribution in [-0.4, -0.2) is 53.3 Å². The molecule has 1 aromatic heterocycles. The number of carbonyl (C=O) groups excluding carboxylic acids is 2. The maximum Gasteiger partial charge on any atom is 0.239 e. The topological polar surface area (TPSA) is 65.5 Å². The van der Waals surface area contributed by atoms with Crippen LogP contribution in [0.5, 0.6) is 0 Å². The number of anilines is 1. The molecule has 146 valence electrons. The summed E-state index contributed by atoms with van der Waals surface area (Å²) in [4.78, 5) is 32.3. The van der Waals surface area contributed by atoms with Crippen LogP contribution in [-0.2, 0) is 16.1 Å². The summed E-state index contributed by atoms with van der Waals surface area (Å²) in [7, 11) is 3.66. The van der Waals surface area contributed by atoms with Gasteiger partial charge in [-0.2, -0.15) is 0 Å². The number of hydrogen-bond donors (Lipinski definition) is 2. The van der Waals surface area contributed by atoms with Gasteiger partial charge in [0.1, 0.15) is 5.82 Å². The van der Waals surface area contributed by atoms with Crippen molar-refractivity contribution in [2.24, 2.45) is 0 Å². The Hall–Kier alpha value is -2.38. The first-order valence-electron chi connectivity index (χ1n) is 8.60. The molecular weight excluding hydrogens is 360 g/mol. The Balaban J connectivity index is 2.65. The third-order valence-electron chi connectivity index (χ3n) is 3.91. The summed E-state index contributed by atoms with van der Waals surface area (Å²) >= 11 is 4.28. The monoisotopic (exact) mass is 388 g/mol. The predicted molar refractivity (Wildman–Crippen MR) is 114 cm³/mol. The van der Waals surface area contributed by atoms with Crippen molar-refractivity contribution < 1.29 is 9.59 Å². The minimum Gasteiger partial charge on any atom is -0.341 e. The summed E-state index contributed by atoms with van der Waals surface area (Å²) in [5.41, 5.74) is 0.965. The molecule has 0 aliphatic rings. The third kappa shape index (κ3) is 8.23. The van der Waals surface area contributed by atoms with E-state index < -0.39 is 0 Å². The molecule has 0 bridgehead atoms. The minimum atomic E-state index is -0.292. The van der Waals surface area contributed by atoms with Crippen LogP contribution in [0.1, 0.15) is 19.4 Å². The summed E-state index contributed by atoms with van der Waals surface area (Å²) in [6.45, 7) is 7.99. The Morgan fingerprint density at radius 2 is 2.11 bits per heavy atom. The lowest BCUT2D eigenvalue weighted by atomic mass is 10.2. The van der Waals surface area contributed by atoms with Gasteiger partial charge in [-0.3, -0.25) is 14.5 Å². The lowest BCUT2D eigenvalue weighted by Gasteiger charge is -2.27. The average Bonchev–Trinajstić information content (AvgIpc) is 2.60. The number of aromatic nitrogens is 1. The number of carbonyl (C=O) groups is 2. The molecule has 0 fully saturated rings. The molecule has 0 saturated heterocycles. The van der Waals surface area contributed by atoms with Crippen LogP contribution in [0, 0.1) is 0 Å². The highest BCUT2D eigenvalue weighted by Gasteiger charge is 2.21. The van der Waals surface area contributed by atoms with Crippen LogP contribution < -0.4 is 5.32 Å². The van der Waals surface area contributed by atoms with Crippen molar-refractivity contribution in [2.45, 2.75) is 26.4 Å². The van der Waals surface area contributed by atoms with Gasteiger partial charge in [0.15, 0.2) is 0 Å². The van der Waals surface area contributed by atoms with Gasteiger partial charge in [0.25, 0.3) is 0 Å². The number of likely N-dealkylation sites (N-methyl/N-ethyl adjacent to an activating group) is 2. The lowest BCUT2D eigenvalue weighted by molar-refractivity contribution is -0.134. The second kappa shape index (κ2) is 11.4. The Kier molecular flexibility index (Phi) is 9.53. The Labute approximate surface area is 167 Å². The molecule has 1 rings (SSSR count). The SMILES string of the molecule is C=C/C=C(S)\C=C/CN(C)C(=O)C(C)N(C)Cc1ccnc(NC(C)=O)c1. The molecule has 1 unspecified atom stereocenters. The number of rotatable bonds is 9. The first kappa shape index (κ1) is 22.7. The van der Waals surface area contributed by atoms with Crippen molar-refractivity contribution in [1.29, 1.82) is 0 Å².